The molecule has 0 radical (unpaired) electrons. The highest BCUT2D eigenvalue weighted by atomic mass is 19.1. The molecule has 180 valence electrons. The molecule has 0 saturated carbocycles. The van der Waals surface area contributed by atoms with E-state index in [-0.39, 0.29) is 12.2 Å². The number of rotatable bonds is 6. The minimum Gasteiger partial charge on any atom is -0.295 e. The summed E-state index contributed by atoms with van der Waals surface area (Å²) in [5.41, 5.74) is 6.53. The minimum atomic E-state index is -0.920. The minimum absolute atomic E-state index is 0.146. The number of allylic oxidation sites excluding steroid dienone is 1. The third-order valence-electron chi connectivity index (χ3n) is 6.80. The van der Waals surface area contributed by atoms with Gasteiger partial charge in [0.2, 0.25) is 0 Å². The Hall–Kier alpha value is -3.18. The van der Waals surface area contributed by atoms with Gasteiger partial charge in [0.05, 0.1) is 12.2 Å². The van der Waals surface area contributed by atoms with Crippen LogP contribution in [-0.2, 0) is 6.42 Å². The third-order valence-corrected chi connectivity index (χ3v) is 6.80. The summed E-state index contributed by atoms with van der Waals surface area (Å²) in [6.07, 6.45) is 4.75. The Labute approximate surface area is 203 Å². The van der Waals surface area contributed by atoms with Gasteiger partial charge in [0.15, 0.2) is 0 Å². The first kappa shape index (κ1) is 23.6. The van der Waals surface area contributed by atoms with Crippen LogP contribution >= 0.6 is 0 Å². The summed E-state index contributed by atoms with van der Waals surface area (Å²) in [5, 5.41) is 0. The molecule has 35 heavy (non-hydrogen) atoms. The van der Waals surface area contributed by atoms with E-state index in [4.69, 9.17) is 0 Å². The maximum atomic E-state index is 14.9. The van der Waals surface area contributed by atoms with Gasteiger partial charge in [-0.25, -0.2) is 13.2 Å². The van der Waals surface area contributed by atoms with Crippen LogP contribution in [0.4, 0.5) is 17.6 Å². The van der Waals surface area contributed by atoms with E-state index < -0.39 is 17.5 Å². The van der Waals surface area contributed by atoms with Crippen LogP contribution in [0.1, 0.15) is 47.1 Å². The molecule has 0 aromatic heterocycles. The molecule has 1 heterocycles. The Morgan fingerprint density at radius 2 is 1.57 bits per heavy atom. The van der Waals surface area contributed by atoms with Gasteiger partial charge >= 0.3 is 0 Å². The van der Waals surface area contributed by atoms with Crippen molar-refractivity contribution in [3.63, 3.8) is 0 Å². The summed E-state index contributed by atoms with van der Waals surface area (Å²) < 4.78 is 55.8. The maximum absolute atomic E-state index is 14.9. The largest absolute Gasteiger partial charge is 0.295 e. The van der Waals surface area contributed by atoms with Gasteiger partial charge < -0.3 is 0 Å². The summed E-state index contributed by atoms with van der Waals surface area (Å²) in [6, 6.07) is 17.5. The first-order chi connectivity index (χ1) is 17.0. The van der Waals surface area contributed by atoms with Crippen LogP contribution in [0, 0.1) is 17.5 Å². The average Bonchev–Trinajstić information content (AvgIpc) is 3.00. The van der Waals surface area contributed by atoms with Gasteiger partial charge in [-0.1, -0.05) is 54.6 Å². The molecule has 0 amide bonds. The molecular formula is C30H27F4N. The molecule has 1 fully saturated rings. The molecule has 0 unspecified atom stereocenters. The quantitative estimate of drug-likeness (QED) is 0.333. The molecule has 0 atom stereocenters. The van der Waals surface area contributed by atoms with Gasteiger partial charge in [0.1, 0.15) is 17.5 Å². The number of fused-ring (bicyclic) bond motifs is 1. The lowest BCUT2D eigenvalue weighted by Crippen LogP contribution is -2.40. The number of hydrogen-bond donors (Lipinski definition) is 0. The smallest absolute Gasteiger partial charge is 0.136 e. The van der Waals surface area contributed by atoms with E-state index in [2.05, 4.69) is 17.0 Å². The normalized spacial score (nSPS) is 16.1. The van der Waals surface area contributed by atoms with Gasteiger partial charge in [-0.2, -0.15) is 0 Å². The molecule has 0 bridgehead atoms. The maximum Gasteiger partial charge on any atom is 0.136 e. The summed E-state index contributed by atoms with van der Waals surface area (Å²) in [4.78, 5) is 2.21. The first-order valence-electron chi connectivity index (χ1n) is 12.1. The topological polar surface area (TPSA) is 3.24 Å². The number of hydrogen-bond acceptors (Lipinski definition) is 1. The van der Waals surface area contributed by atoms with E-state index in [1.54, 1.807) is 0 Å². The van der Waals surface area contributed by atoms with E-state index in [1.165, 1.54) is 5.57 Å². The van der Waals surface area contributed by atoms with Gasteiger partial charge in [-0.05, 0) is 64.7 Å². The molecule has 5 heteroatoms. The first-order valence-corrected chi connectivity index (χ1v) is 12.1. The number of alkyl halides is 1. The zero-order chi connectivity index (χ0) is 24.4. The van der Waals surface area contributed by atoms with Crippen molar-refractivity contribution >= 4 is 17.2 Å². The van der Waals surface area contributed by atoms with Crippen molar-refractivity contribution in [1.82, 2.24) is 4.90 Å². The lowest BCUT2D eigenvalue weighted by Gasteiger charge is -2.33. The standard InChI is InChI=1S/C30H27F4N/c31-13-4-14-35-18-21(19-35)15-20-9-11-23(12-10-20)29-25-7-2-1-5-22(25)6-3-8-26(29)30-27(33)16-24(32)17-28(30)34/h1-2,5,7,9-12,15-17H,3-4,6,8,13-14,18-19H2. The van der Waals surface area contributed by atoms with E-state index in [9.17, 15) is 17.6 Å². The predicted molar refractivity (Wildman–Crippen MR) is 133 cm³/mol. The van der Waals surface area contributed by atoms with Gasteiger partial charge in [-0.15, -0.1) is 0 Å². The molecule has 1 nitrogen and oxygen atoms in total. The SMILES string of the molecule is FCCCN1CC(=Cc2ccc(C3=C(c4c(F)cc(F)cc4F)CCCc4ccccc43)cc2)C1. The second kappa shape index (κ2) is 10.2. The molecule has 2 aliphatic rings. The number of benzene rings is 3. The van der Waals surface area contributed by atoms with E-state index in [1.807, 2.05) is 42.5 Å². The second-order valence-electron chi connectivity index (χ2n) is 9.29. The fraction of sp³-hybridized carbons (Fsp3) is 0.267. The molecule has 0 spiro atoms. The van der Waals surface area contributed by atoms with E-state index in [0.29, 0.717) is 18.4 Å². The van der Waals surface area contributed by atoms with Crippen LogP contribution in [0.25, 0.3) is 17.2 Å². The Morgan fingerprint density at radius 3 is 2.29 bits per heavy atom. The van der Waals surface area contributed by atoms with Crippen molar-refractivity contribution in [2.45, 2.75) is 25.7 Å². The monoisotopic (exact) mass is 477 g/mol. The van der Waals surface area contributed by atoms with Crippen LogP contribution < -0.4 is 0 Å². The Morgan fingerprint density at radius 1 is 0.857 bits per heavy atom. The zero-order valence-corrected chi connectivity index (χ0v) is 19.5. The van der Waals surface area contributed by atoms with Gasteiger partial charge in [-0.3, -0.25) is 9.29 Å². The van der Waals surface area contributed by atoms with Crippen molar-refractivity contribution in [3.05, 3.63) is 112 Å². The molecule has 3 aromatic carbocycles. The highest BCUT2D eigenvalue weighted by Crippen LogP contribution is 2.41. The molecular weight excluding hydrogens is 450 g/mol. The van der Waals surface area contributed by atoms with Crippen LogP contribution in [0.3, 0.4) is 0 Å². The second-order valence-corrected chi connectivity index (χ2v) is 9.29. The van der Waals surface area contributed by atoms with Crippen molar-refractivity contribution < 1.29 is 17.6 Å². The number of aryl methyl sites for hydroxylation is 1. The average molecular weight is 478 g/mol. The van der Waals surface area contributed by atoms with E-state index >= 15 is 0 Å². The van der Waals surface area contributed by atoms with Crippen molar-refractivity contribution in [2.24, 2.45) is 0 Å². The molecule has 1 aliphatic heterocycles. The number of nitrogens with zero attached hydrogens (tertiary/aromatic N) is 1. The van der Waals surface area contributed by atoms with Crippen LogP contribution in [0.2, 0.25) is 0 Å². The Bertz CT molecular complexity index is 1260. The molecule has 3 aromatic rings. The fourth-order valence-corrected chi connectivity index (χ4v) is 5.18. The highest BCUT2D eigenvalue weighted by molar-refractivity contribution is 6.00. The van der Waals surface area contributed by atoms with Crippen LogP contribution in [-0.4, -0.2) is 31.2 Å². The third kappa shape index (κ3) is 4.96. The Kier molecular flexibility index (Phi) is 6.87. The lowest BCUT2D eigenvalue weighted by molar-refractivity contribution is 0.239. The fourth-order valence-electron chi connectivity index (χ4n) is 5.18. The number of halogens is 4. The number of likely N-dealkylation sites (tertiary alicyclic amines) is 1. The summed E-state index contributed by atoms with van der Waals surface area (Å²) in [6.45, 7) is 2.20. The van der Waals surface area contributed by atoms with Crippen molar-refractivity contribution in [2.75, 3.05) is 26.3 Å². The molecule has 5 rings (SSSR count). The van der Waals surface area contributed by atoms with Crippen molar-refractivity contribution in [1.29, 1.82) is 0 Å². The zero-order valence-electron chi connectivity index (χ0n) is 19.5. The van der Waals surface area contributed by atoms with Crippen LogP contribution in [0.15, 0.2) is 66.2 Å². The predicted octanol–water partition coefficient (Wildman–Crippen LogP) is 7.46. The lowest BCUT2D eigenvalue weighted by atomic mass is 9.87. The summed E-state index contributed by atoms with van der Waals surface area (Å²) in [7, 11) is 0. The summed E-state index contributed by atoms with van der Waals surface area (Å²) >= 11 is 0. The van der Waals surface area contributed by atoms with Crippen molar-refractivity contribution in [3.8, 4) is 0 Å². The summed E-state index contributed by atoms with van der Waals surface area (Å²) in [5.74, 6) is -2.67. The Balaban J connectivity index is 1.55. The molecule has 1 saturated heterocycles. The van der Waals surface area contributed by atoms with Crippen LogP contribution in [0.5, 0.6) is 0 Å². The molecule has 0 N–H and O–H groups in total. The molecule has 1 aliphatic carbocycles. The van der Waals surface area contributed by atoms with E-state index in [0.717, 1.165) is 72.4 Å². The van der Waals surface area contributed by atoms with Gasteiger partial charge in [0, 0.05) is 31.8 Å². The van der Waals surface area contributed by atoms with Gasteiger partial charge in [0.25, 0.3) is 0 Å². The highest BCUT2D eigenvalue weighted by Gasteiger charge is 2.25.